The SMILES string of the molecule is Cc1ccccc1C(=O)N1CCS(=O)(=O)C(c2ccccc2)C1. The summed E-state index contributed by atoms with van der Waals surface area (Å²) < 4.78 is 24.8. The molecule has 0 aromatic heterocycles. The van der Waals surface area contributed by atoms with Gasteiger partial charge in [0.15, 0.2) is 9.84 Å². The van der Waals surface area contributed by atoms with E-state index in [0.717, 1.165) is 11.1 Å². The zero-order chi connectivity index (χ0) is 16.4. The molecule has 1 aliphatic heterocycles. The molecule has 0 bridgehead atoms. The predicted octanol–water partition coefficient (Wildman–Crippen LogP) is 2.61. The van der Waals surface area contributed by atoms with Crippen LogP contribution in [0.15, 0.2) is 54.6 Å². The molecular formula is C18H19NO3S. The van der Waals surface area contributed by atoms with E-state index in [0.29, 0.717) is 5.56 Å². The molecule has 1 unspecified atom stereocenters. The Morgan fingerprint density at radius 3 is 2.39 bits per heavy atom. The second-order valence-electron chi connectivity index (χ2n) is 5.83. The fourth-order valence-corrected chi connectivity index (χ4v) is 4.67. The third kappa shape index (κ3) is 3.15. The second-order valence-corrected chi connectivity index (χ2v) is 8.14. The molecule has 0 aliphatic carbocycles. The van der Waals surface area contributed by atoms with Crippen LogP contribution in [0, 0.1) is 6.92 Å². The van der Waals surface area contributed by atoms with E-state index in [1.807, 2.05) is 55.5 Å². The summed E-state index contributed by atoms with van der Waals surface area (Å²) in [6.45, 7) is 2.35. The van der Waals surface area contributed by atoms with Crippen molar-refractivity contribution in [3.8, 4) is 0 Å². The van der Waals surface area contributed by atoms with E-state index < -0.39 is 15.1 Å². The maximum Gasteiger partial charge on any atom is 0.254 e. The summed E-state index contributed by atoms with van der Waals surface area (Å²) in [6.07, 6.45) is 0. The first-order valence-electron chi connectivity index (χ1n) is 7.60. The van der Waals surface area contributed by atoms with E-state index in [9.17, 15) is 13.2 Å². The first kappa shape index (κ1) is 15.7. The normalized spacial score (nSPS) is 20.2. The topological polar surface area (TPSA) is 54.5 Å². The predicted molar refractivity (Wildman–Crippen MR) is 90.1 cm³/mol. The fourth-order valence-electron chi connectivity index (χ4n) is 2.93. The quantitative estimate of drug-likeness (QED) is 0.851. The molecule has 0 saturated carbocycles. The van der Waals surface area contributed by atoms with Gasteiger partial charge < -0.3 is 4.90 Å². The molecule has 5 heteroatoms. The number of carbonyl (C=O) groups excluding carboxylic acids is 1. The summed E-state index contributed by atoms with van der Waals surface area (Å²) >= 11 is 0. The Labute approximate surface area is 136 Å². The van der Waals surface area contributed by atoms with Crippen molar-refractivity contribution in [1.29, 1.82) is 0 Å². The van der Waals surface area contributed by atoms with Crippen molar-refractivity contribution in [2.75, 3.05) is 18.8 Å². The number of hydrogen-bond acceptors (Lipinski definition) is 3. The van der Waals surface area contributed by atoms with Crippen LogP contribution in [-0.2, 0) is 9.84 Å². The van der Waals surface area contributed by atoms with Gasteiger partial charge in [-0.05, 0) is 24.1 Å². The van der Waals surface area contributed by atoms with Crippen LogP contribution in [0.2, 0.25) is 0 Å². The molecule has 2 aromatic rings. The average Bonchev–Trinajstić information content (AvgIpc) is 2.55. The smallest absolute Gasteiger partial charge is 0.254 e. The second kappa shape index (κ2) is 6.16. The van der Waals surface area contributed by atoms with Crippen LogP contribution in [0.3, 0.4) is 0 Å². The summed E-state index contributed by atoms with van der Waals surface area (Å²) in [5, 5.41) is -0.648. The first-order valence-corrected chi connectivity index (χ1v) is 9.32. The van der Waals surface area contributed by atoms with Gasteiger partial charge in [-0.2, -0.15) is 0 Å². The minimum atomic E-state index is -3.23. The van der Waals surface area contributed by atoms with Gasteiger partial charge in [-0.3, -0.25) is 4.79 Å². The van der Waals surface area contributed by atoms with Crippen LogP contribution in [0.25, 0.3) is 0 Å². The van der Waals surface area contributed by atoms with Gasteiger partial charge in [0.25, 0.3) is 5.91 Å². The highest BCUT2D eigenvalue weighted by Crippen LogP contribution is 2.28. The summed E-state index contributed by atoms with van der Waals surface area (Å²) in [7, 11) is -3.23. The largest absolute Gasteiger partial charge is 0.336 e. The number of benzene rings is 2. The standard InChI is InChI=1S/C18H19NO3S/c1-14-7-5-6-10-16(14)18(20)19-11-12-23(21,22)17(13-19)15-8-3-2-4-9-15/h2-10,17H,11-13H2,1H3. The summed E-state index contributed by atoms with van der Waals surface area (Å²) in [4.78, 5) is 14.4. The number of amides is 1. The highest BCUT2D eigenvalue weighted by atomic mass is 32.2. The van der Waals surface area contributed by atoms with Gasteiger partial charge in [0.2, 0.25) is 0 Å². The fraction of sp³-hybridized carbons (Fsp3) is 0.278. The zero-order valence-electron chi connectivity index (χ0n) is 13.0. The van der Waals surface area contributed by atoms with E-state index in [2.05, 4.69) is 0 Å². The van der Waals surface area contributed by atoms with Gasteiger partial charge in [-0.25, -0.2) is 8.42 Å². The van der Waals surface area contributed by atoms with Crippen molar-refractivity contribution in [2.45, 2.75) is 12.2 Å². The Morgan fingerprint density at radius 1 is 1.04 bits per heavy atom. The molecule has 3 rings (SSSR count). The molecule has 2 aromatic carbocycles. The van der Waals surface area contributed by atoms with Crippen molar-refractivity contribution in [2.24, 2.45) is 0 Å². The van der Waals surface area contributed by atoms with Crippen molar-refractivity contribution in [1.82, 2.24) is 4.90 Å². The van der Waals surface area contributed by atoms with Crippen molar-refractivity contribution >= 4 is 15.7 Å². The van der Waals surface area contributed by atoms with Crippen LogP contribution in [0.4, 0.5) is 0 Å². The lowest BCUT2D eigenvalue weighted by Crippen LogP contribution is -2.45. The minimum Gasteiger partial charge on any atom is -0.336 e. The van der Waals surface area contributed by atoms with Crippen LogP contribution in [-0.4, -0.2) is 38.1 Å². The van der Waals surface area contributed by atoms with Crippen molar-refractivity contribution < 1.29 is 13.2 Å². The van der Waals surface area contributed by atoms with Crippen molar-refractivity contribution in [3.05, 3.63) is 71.3 Å². The molecule has 120 valence electrons. The lowest BCUT2D eigenvalue weighted by atomic mass is 10.1. The number of carbonyl (C=O) groups is 1. The molecule has 1 amide bonds. The van der Waals surface area contributed by atoms with Gasteiger partial charge in [-0.1, -0.05) is 48.5 Å². The maximum atomic E-state index is 12.7. The summed E-state index contributed by atoms with van der Waals surface area (Å²) in [5.74, 6) is -0.0941. The summed E-state index contributed by atoms with van der Waals surface area (Å²) in [6, 6.07) is 16.5. The molecule has 0 radical (unpaired) electrons. The van der Waals surface area contributed by atoms with E-state index in [4.69, 9.17) is 0 Å². The molecule has 1 atom stereocenters. The van der Waals surface area contributed by atoms with E-state index in [-0.39, 0.29) is 24.7 Å². The number of sulfone groups is 1. The number of aryl methyl sites for hydroxylation is 1. The molecule has 0 N–H and O–H groups in total. The Morgan fingerprint density at radius 2 is 1.70 bits per heavy atom. The minimum absolute atomic E-state index is 0.00415. The van der Waals surface area contributed by atoms with E-state index in [1.165, 1.54) is 0 Å². The van der Waals surface area contributed by atoms with Gasteiger partial charge in [0.1, 0.15) is 5.25 Å². The lowest BCUT2D eigenvalue weighted by Gasteiger charge is -2.33. The summed E-state index contributed by atoms with van der Waals surface area (Å²) in [5.41, 5.74) is 2.29. The number of hydrogen-bond donors (Lipinski definition) is 0. The third-order valence-corrected chi connectivity index (χ3v) is 6.34. The monoisotopic (exact) mass is 329 g/mol. The first-order chi connectivity index (χ1) is 11.0. The van der Waals surface area contributed by atoms with Crippen LogP contribution < -0.4 is 0 Å². The van der Waals surface area contributed by atoms with E-state index in [1.54, 1.807) is 11.0 Å². The molecule has 1 aliphatic rings. The number of rotatable bonds is 2. The number of nitrogens with zero attached hydrogens (tertiary/aromatic N) is 1. The van der Waals surface area contributed by atoms with Gasteiger partial charge in [0.05, 0.1) is 5.75 Å². The third-order valence-electron chi connectivity index (χ3n) is 4.30. The molecule has 1 saturated heterocycles. The molecule has 4 nitrogen and oxygen atoms in total. The molecule has 23 heavy (non-hydrogen) atoms. The molecular weight excluding hydrogens is 310 g/mol. The Balaban J connectivity index is 1.89. The molecule has 1 heterocycles. The Bertz CT molecular complexity index is 815. The Kier molecular flexibility index (Phi) is 4.22. The zero-order valence-corrected chi connectivity index (χ0v) is 13.8. The van der Waals surface area contributed by atoms with Gasteiger partial charge in [0, 0.05) is 18.7 Å². The van der Waals surface area contributed by atoms with Gasteiger partial charge >= 0.3 is 0 Å². The maximum absolute atomic E-state index is 12.7. The van der Waals surface area contributed by atoms with Crippen LogP contribution >= 0.6 is 0 Å². The van der Waals surface area contributed by atoms with Gasteiger partial charge in [-0.15, -0.1) is 0 Å². The highest BCUT2D eigenvalue weighted by molar-refractivity contribution is 7.91. The lowest BCUT2D eigenvalue weighted by molar-refractivity contribution is 0.0757. The Hall–Kier alpha value is -2.14. The van der Waals surface area contributed by atoms with Crippen LogP contribution in [0.1, 0.15) is 26.7 Å². The van der Waals surface area contributed by atoms with Crippen molar-refractivity contribution in [3.63, 3.8) is 0 Å². The molecule has 0 spiro atoms. The average molecular weight is 329 g/mol. The van der Waals surface area contributed by atoms with Crippen LogP contribution in [0.5, 0.6) is 0 Å². The highest BCUT2D eigenvalue weighted by Gasteiger charge is 2.36. The molecule has 1 fully saturated rings. The van der Waals surface area contributed by atoms with E-state index >= 15 is 0 Å².